The number of hydrogen-bond acceptors (Lipinski definition) is 3. The molecule has 1 aromatic heterocycles. The summed E-state index contributed by atoms with van der Waals surface area (Å²) < 4.78 is 0.845. The van der Waals surface area contributed by atoms with Crippen molar-refractivity contribution in [1.82, 2.24) is 4.90 Å². The number of carbonyl (C=O) groups is 1. The molecule has 1 saturated heterocycles. The zero-order valence-corrected chi connectivity index (χ0v) is 13.8. The van der Waals surface area contributed by atoms with Crippen molar-refractivity contribution in [2.24, 2.45) is 0 Å². The SMILES string of the molecule is O=C(c1ccccc1Br)N1CCS/C1=C/c1cccs1. The number of thiophene rings is 1. The second-order valence-corrected chi connectivity index (χ2v) is 7.23. The molecule has 5 heteroatoms. The molecule has 1 aromatic carbocycles. The molecular formula is C15H12BrNOS2. The third-order valence-corrected chi connectivity index (χ3v) is 5.52. The maximum Gasteiger partial charge on any atom is 0.259 e. The van der Waals surface area contributed by atoms with Gasteiger partial charge in [0.15, 0.2) is 0 Å². The lowest BCUT2D eigenvalue weighted by molar-refractivity contribution is 0.0830. The van der Waals surface area contributed by atoms with E-state index in [1.165, 1.54) is 4.88 Å². The molecule has 102 valence electrons. The van der Waals surface area contributed by atoms with Crippen molar-refractivity contribution in [3.63, 3.8) is 0 Å². The number of halogens is 1. The molecule has 0 atom stereocenters. The number of thioether (sulfide) groups is 1. The summed E-state index contributed by atoms with van der Waals surface area (Å²) >= 11 is 6.87. The van der Waals surface area contributed by atoms with Gasteiger partial charge in [0.25, 0.3) is 5.91 Å². The van der Waals surface area contributed by atoms with Gasteiger partial charge in [0.1, 0.15) is 0 Å². The summed E-state index contributed by atoms with van der Waals surface area (Å²) in [7, 11) is 0. The second-order valence-electron chi connectivity index (χ2n) is 4.28. The fourth-order valence-electron chi connectivity index (χ4n) is 2.03. The molecule has 0 radical (unpaired) electrons. The Kier molecular flexibility index (Phi) is 4.29. The zero-order chi connectivity index (χ0) is 13.9. The Balaban J connectivity index is 1.89. The van der Waals surface area contributed by atoms with Gasteiger partial charge in [-0.1, -0.05) is 18.2 Å². The van der Waals surface area contributed by atoms with Crippen molar-refractivity contribution in [3.05, 3.63) is 61.7 Å². The van der Waals surface area contributed by atoms with Gasteiger partial charge in [-0.3, -0.25) is 4.79 Å². The molecule has 2 aromatic rings. The Morgan fingerprint density at radius 3 is 2.85 bits per heavy atom. The lowest BCUT2D eigenvalue weighted by Crippen LogP contribution is -2.26. The van der Waals surface area contributed by atoms with Crippen molar-refractivity contribution >= 4 is 51.0 Å². The second kappa shape index (κ2) is 6.16. The minimum atomic E-state index is 0.0604. The summed E-state index contributed by atoms with van der Waals surface area (Å²) in [5, 5.41) is 3.08. The minimum absolute atomic E-state index is 0.0604. The quantitative estimate of drug-likeness (QED) is 0.768. The molecule has 2 heterocycles. The number of carbonyl (C=O) groups excluding carboxylic acids is 1. The summed E-state index contributed by atoms with van der Waals surface area (Å²) in [6.45, 7) is 0.766. The number of nitrogens with zero attached hydrogens (tertiary/aromatic N) is 1. The average Bonchev–Trinajstić information content (AvgIpc) is 3.11. The fourth-order valence-corrected chi connectivity index (χ4v) is 4.23. The van der Waals surface area contributed by atoms with Crippen LogP contribution in [-0.4, -0.2) is 23.1 Å². The van der Waals surface area contributed by atoms with Gasteiger partial charge in [-0.2, -0.15) is 0 Å². The minimum Gasteiger partial charge on any atom is -0.302 e. The van der Waals surface area contributed by atoms with E-state index in [1.54, 1.807) is 23.1 Å². The Labute approximate surface area is 134 Å². The lowest BCUT2D eigenvalue weighted by atomic mass is 10.2. The summed E-state index contributed by atoms with van der Waals surface area (Å²) in [5.41, 5.74) is 0.715. The Bertz CT molecular complexity index is 652. The molecule has 0 aliphatic carbocycles. The monoisotopic (exact) mass is 365 g/mol. The summed E-state index contributed by atoms with van der Waals surface area (Å²) in [6, 6.07) is 11.7. The summed E-state index contributed by atoms with van der Waals surface area (Å²) in [4.78, 5) is 15.7. The molecule has 1 aliphatic rings. The van der Waals surface area contributed by atoms with Gasteiger partial charge in [0, 0.05) is 21.6 Å². The van der Waals surface area contributed by atoms with E-state index in [0.717, 1.165) is 21.8 Å². The van der Waals surface area contributed by atoms with E-state index < -0.39 is 0 Å². The van der Waals surface area contributed by atoms with Crippen LogP contribution in [-0.2, 0) is 0 Å². The molecule has 1 fully saturated rings. The van der Waals surface area contributed by atoms with E-state index in [2.05, 4.69) is 28.1 Å². The first-order valence-electron chi connectivity index (χ1n) is 6.20. The van der Waals surface area contributed by atoms with Crippen LogP contribution in [0.15, 0.2) is 51.3 Å². The predicted molar refractivity (Wildman–Crippen MR) is 89.9 cm³/mol. The van der Waals surface area contributed by atoms with Crippen LogP contribution in [0.3, 0.4) is 0 Å². The molecule has 1 aliphatic heterocycles. The van der Waals surface area contributed by atoms with Crippen LogP contribution in [0, 0.1) is 0 Å². The van der Waals surface area contributed by atoms with Crippen LogP contribution in [0.1, 0.15) is 15.2 Å². The first kappa shape index (κ1) is 13.9. The molecule has 1 amide bonds. The van der Waals surface area contributed by atoms with E-state index in [1.807, 2.05) is 40.6 Å². The summed E-state index contributed by atoms with van der Waals surface area (Å²) in [6.07, 6.45) is 2.09. The van der Waals surface area contributed by atoms with Gasteiger partial charge >= 0.3 is 0 Å². The van der Waals surface area contributed by atoms with Crippen molar-refractivity contribution < 1.29 is 4.79 Å². The average molecular weight is 366 g/mol. The van der Waals surface area contributed by atoms with Crippen molar-refractivity contribution in [1.29, 1.82) is 0 Å². The Morgan fingerprint density at radius 2 is 2.10 bits per heavy atom. The van der Waals surface area contributed by atoms with Gasteiger partial charge in [-0.15, -0.1) is 23.1 Å². The van der Waals surface area contributed by atoms with Gasteiger partial charge in [-0.25, -0.2) is 0 Å². The lowest BCUT2D eigenvalue weighted by Gasteiger charge is -2.17. The molecule has 20 heavy (non-hydrogen) atoms. The van der Waals surface area contributed by atoms with Crippen LogP contribution in [0.5, 0.6) is 0 Å². The number of amides is 1. The first-order valence-corrected chi connectivity index (χ1v) is 8.86. The van der Waals surface area contributed by atoms with E-state index in [9.17, 15) is 4.79 Å². The topological polar surface area (TPSA) is 20.3 Å². The highest BCUT2D eigenvalue weighted by atomic mass is 79.9. The van der Waals surface area contributed by atoms with Gasteiger partial charge in [0.2, 0.25) is 0 Å². The largest absolute Gasteiger partial charge is 0.302 e. The third kappa shape index (κ3) is 2.85. The fraction of sp³-hybridized carbons (Fsp3) is 0.133. The van der Waals surface area contributed by atoms with E-state index in [0.29, 0.717) is 5.56 Å². The third-order valence-electron chi connectivity index (χ3n) is 2.99. The van der Waals surface area contributed by atoms with Crippen molar-refractivity contribution in [2.45, 2.75) is 0 Å². The van der Waals surface area contributed by atoms with Crippen molar-refractivity contribution in [3.8, 4) is 0 Å². The number of rotatable bonds is 2. The van der Waals surface area contributed by atoms with Crippen LogP contribution in [0.2, 0.25) is 0 Å². The van der Waals surface area contributed by atoms with Gasteiger partial charge < -0.3 is 4.90 Å². The summed E-state index contributed by atoms with van der Waals surface area (Å²) in [5.74, 6) is 1.01. The first-order chi connectivity index (χ1) is 9.75. The van der Waals surface area contributed by atoms with Crippen molar-refractivity contribution in [2.75, 3.05) is 12.3 Å². The highest BCUT2D eigenvalue weighted by Gasteiger charge is 2.26. The Hall–Kier alpha value is -1.04. The van der Waals surface area contributed by atoms with Crippen LogP contribution >= 0.6 is 39.0 Å². The van der Waals surface area contributed by atoms with Gasteiger partial charge in [-0.05, 0) is 45.6 Å². The van der Waals surface area contributed by atoms with Gasteiger partial charge in [0.05, 0.1) is 10.6 Å². The zero-order valence-electron chi connectivity index (χ0n) is 10.6. The molecule has 0 saturated carbocycles. The molecule has 3 rings (SSSR count). The molecule has 2 nitrogen and oxygen atoms in total. The highest BCUT2D eigenvalue weighted by Crippen LogP contribution is 2.33. The molecule has 0 N–H and O–H groups in total. The maximum atomic E-state index is 12.7. The molecule has 0 bridgehead atoms. The smallest absolute Gasteiger partial charge is 0.259 e. The molecule has 0 spiro atoms. The molecule has 0 unspecified atom stereocenters. The van der Waals surface area contributed by atoms with E-state index in [4.69, 9.17) is 0 Å². The van der Waals surface area contributed by atoms with E-state index >= 15 is 0 Å². The predicted octanol–water partition coefficient (Wildman–Crippen LogP) is 4.70. The molecular weight excluding hydrogens is 354 g/mol. The highest BCUT2D eigenvalue weighted by molar-refractivity contribution is 9.10. The van der Waals surface area contributed by atoms with Crippen LogP contribution in [0.4, 0.5) is 0 Å². The Morgan fingerprint density at radius 1 is 1.25 bits per heavy atom. The normalized spacial score (nSPS) is 16.9. The van der Waals surface area contributed by atoms with E-state index in [-0.39, 0.29) is 5.91 Å². The van der Waals surface area contributed by atoms with Crippen LogP contribution < -0.4 is 0 Å². The standard InChI is InChI=1S/C15H12BrNOS2/c16-13-6-2-1-5-12(13)15(18)17-7-9-20-14(17)10-11-4-3-8-19-11/h1-6,8,10H,7,9H2/b14-10+. The van der Waals surface area contributed by atoms with Crippen LogP contribution in [0.25, 0.3) is 6.08 Å². The number of benzene rings is 1. The number of hydrogen-bond donors (Lipinski definition) is 0. The maximum absolute atomic E-state index is 12.7.